The normalized spacial score (nSPS) is 17.1. The number of ketones is 1. The second kappa shape index (κ2) is 3.18. The Balaban J connectivity index is 2.81. The van der Waals surface area contributed by atoms with Gasteiger partial charge in [-0.1, -0.05) is 17.7 Å². The molecule has 0 fully saturated rings. The predicted octanol–water partition coefficient (Wildman–Crippen LogP) is 2.06. The summed E-state index contributed by atoms with van der Waals surface area (Å²) in [6, 6.07) is 4.59. The summed E-state index contributed by atoms with van der Waals surface area (Å²) in [6.07, 6.45) is 1.33. The highest BCUT2D eigenvalue weighted by Gasteiger charge is 2.33. The van der Waals surface area contributed by atoms with E-state index in [1.807, 2.05) is 0 Å². The molecule has 1 aromatic carbocycles. The van der Waals surface area contributed by atoms with Crippen molar-refractivity contribution in [3.63, 3.8) is 0 Å². The number of carbonyl (C=O) groups is 1. The maximum Gasteiger partial charge on any atom is 0.210 e. The molecule has 2 rings (SSSR count). The first-order valence-electron chi connectivity index (χ1n) is 4.21. The molecule has 0 bridgehead atoms. The van der Waals surface area contributed by atoms with Crippen LogP contribution < -0.4 is 0 Å². The number of sulfone groups is 1. The van der Waals surface area contributed by atoms with Crippen LogP contribution in [0.5, 0.6) is 0 Å². The van der Waals surface area contributed by atoms with E-state index in [4.69, 9.17) is 11.6 Å². The maximum absolute atomic E-state index is 11.8. The number of halogens is 1. The molecule has 15 heavy (non-hydrogen) atoms. The maximum atomic E-state index is 11.8. The summed E-state index contributed by atoms with van der Waals surface area (Å²) in [5.41, 5.74) is 0.407. The molecule has 0 saturated heterocycles. The van der Waals surface area contributed by atoms with Crippen molar-refractivity contribution in [1.82, 2.24) is 0 Å². The Labute approximate surface area is 92.3 Å². The molecule has 0 radical (unpaired) electrons. The zero-order valence-corrected chi connectivity index (χ0v) is 9.39. The summed E-state index contributed by atoms with van der Waals surface area (Å²) in [7, 11) is -3.64. The third kappa shape index (κ3) is 1.41. The van der Waals surface area contributed by atoms with Crippen molar-refractivity contribution in [2.75, 3.05) is 0 Å². The average molecular weight is 243 g/mol. The minimum Gasteiger partial charge on any atom is -0.294 e. The lowest BCUT2D eigenvalue weighted by atomic mass is 10.2. The van der Waals surface area contributed by atoms with Gasteiger partial charge in [0.1, 0.15) is 4.91 Å². The predicted molar refractivity (Wildman–Crippen MR) is 57.3 cm³/mol. The van der Waals surface area contributed by atoms with Crippen molar-refractivity contribution in [2.24, 2.45) is 0 Å². The summed E-state index contributed by atoms with van der Waals surface area (Å²) in [5.74, 6) is -0.470. The minimum atomic E-state index is -3.64. The average Bonchev–Trinajstić information content (AvgIpc) is 2.40. The van der Waals surface area contributed by atoms with Crippen LogP contribution in [0.2, 0.25) is 5.02 Å². The third-order valence-corrected chi connectivity index (χ3v) is 4.46. The van der Waals surface area contributed by atoms with Gasteiger partial charge < -0.3 is 0 Å². The Morgan fingerprint density at radius 2 is 2.00 bits per heavy atom. The lowest BCUT2D eigenvalue weighted by molar-refractivity contribution is -0.112. The highest BCUT2D eigenvalue weighted by atomic mass is 35.5. The topological polar surface area (TPSA) is 51.2 Å². The fourth-order valence-corrected chi connectivity index (χ4v) is 3.40. The Bertz CT molecular complexity index is 585. The zero-order chi connectivity index (χ0) is 11.2. The smallest absolute Gasteiger partial charge is 0.210 e. The second-order valence-corrected chi connectivity index (χ2v) is 5.51. The van der Waals surface area contributed by atoms with Crippen LogP contribution in [0.15, 0.2) is 28.0 Å². The lowest BCUT2D eigenvalue weighted by Gasteiger charge is -2.00. The molecule has 0 aliphatic carbocycles. The van der Waals surface area contributed by atoms with Gasteiger partial charge in [-0.3, -0.25) is 4.79 Å². The number of carbonyl (C=O) groups excluding carboxylic acids is 1. The highest BCUT2D eigenvalue weighted by Crippen LogP contribution is 2.36. The Morgan fingerprint density at radius 1 is 1.33 bits per heavy atom. The third-order valence-electron chi connectivity index (χ3n) is 2.21. The molecule has 0 N–H and O–H groups in total. The van der Waals surface area contributed by atoms with Crippen molar-refractivity contribution in [3.05, 3.63) is 33.7 Å². The van der Waals surface area contributed by atoms with Crippen LogP contribution in [0, 0.1) is 0 Å². The van der Waals surface area contributed by atoms with Gasteiger partial charge in [0.05, 0.1) is 4.90 Å². The summed E-state index contributed by atoms with van der Waals surface area (Å²) >= 11 is 5.85. The summed E-state index contributed by atoms with van der Waals surface area (Å²) < 4.78 is 23.7. The molecule has 1 aliphatic heterocycles. The van der Waals surface area contributed by atoms with Gasteiger partial charge in [0, 0.05) is 10.6 Å². The Hall–Kier alpha value is -1.13. The molecule has 0 aromatic heterocycles. The van der Waals surface area contributed by atoms with Crippen molar-refractivity contribution < 1.29 is 13.2 Å². The van der Waals surface area contributed by atoms with Crippen LogP contribution >= 0.6 is 11.6 Å². The fourth-order valence-electron chi connectivity index (χ4n) is 1.51. The van der Waals surface area contributed by atoms with E-state index < -0.39 is 15.6 Å². The van der Waals surface area contributed by atoms with Crippen LogP contribution in [-0.4, -0.2) is 14.2 Å². The van der Waals surface area contributed by atoms with Crippen LogP contribution in [-0.2, 0) is 14.6 Å². The van der Waals surface area contributed by atoms with Gasteiger partial charge in [-0.2, -0.15) is 0 Å². The van der Waals surface area contributed by atoms with Crippen molar-refractivity contribution >= 4 is 33.3 Å². The van der Waals surface area contributed by atoms with Gasteiger partial charge in [-0.05, 0) is 25.1 Å². The lowest BCUT2D eigenvalue weighted by Crippen LogP contribution is -2.06. The summed E-state index contributed by atoms with van der Waals surface area (Å²) in [6.45, 7) is 1.23. The first-order valence-corrected chi connectivity index (χ1v) is 6.07. The van der Waals surface area contributed by atoms with E-state index in [1.165, 1.54) is 19.1 Å². The molecule has 0 unspecified atom stereocenters. The first-order chi connectivity index (χ1) is 6.94. The van der Waals surface area contributed by atoms with Crippen LogP contribution in [0.1, 0.15) is 12.5 Å². The largest absolute Gasteiger partial charge is 0.294 e. The second-order valence-electron chi connectivity index (χ2n) is 3.22. The molecule has 0 atom stereocenters. The Kier molecular flexibility index (Phi) is 2.20. The molecule has 5 heteroatoms. The van der Waals surface area contributed by atoms with E-state index in [1.54, 1.807) is 12.1 Å². The van der Waals surface area contributed by atoms with Gasteiger partial charge in [0.25, 0.3) is 0 Å². The molecule has 3 nitrogen and oxygen atoms in total. The van der Waals surface area contributed by atoms with E-state index in [0.717, 1.165) is 0 Å². The van der Waals surface area contributed by atoms with Gasteiger partial charge in [0.15, 0.2) is 5.78 Å². The van der Waals surface area contributed by atoms with E-state index in [-0.39, 0.29) is 9.80 Å². The molecular formula is C10H7ClO3S. The molecule has 1 aromatic rings. The van der Waals surface area contributed by atoms with Gasteiger partial charge in [-0.25, -0.2) is 8.42 Å². The summed E-state index contributed by atoms with van der Waals surface area (Å²) in [4.78, 5) is 11.1. The fraction of sp³-hybridized carbons (Fsp3) is 0.100. The molecule has 0 saturated carbocycles. The van der Waals surface area contributed by atoms with Crippen LogP contribution in [0.25, 0.3) is 6.08 Å². The van der Waals surface area contributed by atoms with Crippen molar-refractivity contribution in [2.45, 2.75) is 11.8 Å². The molecule has 0 amide bonds. The van der Waals surface area contributed by atoms with Crippen molar-refractivity contribution in [3.8, 4) is 0 Å². The van der Waals surface area contributed by atoms with E-state index in [9.17, 15) is 13.2 Å². The standard InChI is InChI=1S/C10H7ClO3S/c1-6(12)10-5-7-8(11)3-2-4-9(7)15(10,13)14/h2-5H,1H3. The highest BCUT2D eigenvalue weighted by molar-refractivity contribution is 7.96. The zero-order valence-electron chi connectivity index (χ0n) is 7.82. The van der Waals surface area contributed by atoms with E-state index in [2.05, 4.69) is 0 Å². The van der Waals surface area contributed by atoms with Crippen LogP contribution in [0.4, 0.5) is 0 Å². The number of Topliss-reactive ketones (excluding diaryl/α,β-unsaturated/α-hetero) is 1. The number of allylic oxidation sites excluding steroid dienone is 1. The molecule has 1 heterocycles. The molecular weight excluding hydrogens is 236 g/mol. The monoisotopic (exact) mass is 242 g/mol. The van der Waals surface area contributed by atoms with E-state index in [0.29, 0.717) is 10.6 Å². The number of benzene rings is 1. The number of rotatable bonds is 1. The minimum absolute atomic E-state index is 0.111. The molecule has 0 spiro atoms. The SMILES string of the molecule is CC(=O)C1=Cc2c(Cl)cccc2S1(=O)=O. The van der Waals surface area contributed by atoms with Gasteiger partial charge in [-0.15, -0.1) is 0 Å². The number of hydrogen-bond acceptors (Lipinski definition) is 3. The Morgan fingerprint density at radius 3 is 2.53 bits per heavy atom. The summed E-state index contributed by atoms with van der Waals surface area (Å²) in [5, 5.41) is 0.340. The number of hydrogen-bond donors (Lipinski definition) is 0. The quantitative estimate of drug-likeness (QED) is 0.757. The first kappa shape index (κ1) is 10.4. The number of fused-ring (bicyclic) bond motifs is 1. The molecule has 78 valence electrons. The van der Waals surface area contributed by atoms with E-state index >= 15 is 0 Å². The van der Waals surface area contributed by atoms with Gasteiger partial charge >= 0.3 is 0 Å². The van der Waals surface area contributed by atoms with Crippen LogP contribution in [0.3, 0.4) is 0 Å². The van der Waals surface area contributed by atoms with Crippen molar-refractivity contribution in [1.29, 1.82) is 0 Å². The molecule has 1 aliphatic rings. The van der Waals surface area contributed by atoms with Gasteiger partial charge in [0.2, 0.25) is 9.84 Å².